The molecule has 0 radical (unpaired) electrons. The molecule has 7 heteroatoms. The van der Waals surface area contributed by atoms with Crippen molar-refractivity contribution in [2.24, 2.45) is 0 Å². The van der Waals surface area contributed by atoms with Crippen LogP contribution in [0.15, 0.2) is 18.2 Å². The summed E-state index contributed by atoms with van der Waals surface area (Å²) < 4.78 is 5.18. The zero-order valence-corrected chi connectivity index (χ0v) is 12.5. The number of carbonyl (C=O) groups excluding carboxylic acids is 3. The van der Waals surface area contributed by atoms with Crippen molar-refractivity contribution >= 4 is 23.5 Å². The standard InChI is InChI=1S/C15H17N3O4/c1-16-8-13(19)18(15(16)21)9-14(20)17-6-5-10-7-11(22-2)3-4-12(10)17/h3-4,7H,5-6,8-9H2,1-2H3. The van der Waals surface area contributed by atoms with Crippen LogP contribution < -0.4 is 9.64 Å². The average molecular weight is 303 g/mol. The van der Waals surface area contributed by atoms with E-state index in [1.165, 1.54) is 4.90 Å². The van der Waals surface area contributed by atoms with Gasteiger partial charge in [0.05, 0.1) is 7.11 Å². The van der Waals surface area contributed by atoms with Gasteiger partial charge >= 0.3 is 6.03 Å². The number of carbonyl (C=O) groups is 3. The number of nitrogens with zero attached hydrogens (tertiary/aromatic N) is 3. The van der Waals surface area contributed by atoms with Gasteiger partial charge in [-0.15, -0.1) is 0 Å². The molecule has 4 amide bonds. The fraction of sp³-hybridized carbons (Fsp3) is 0.400. The first kappa shape index (κ1) is 14.4. The van der Waals surface area contributed by atoms with Gasteiger partial charge in [-0.1, -0.05) is 0 Å². The number of imide groups is 1. The first-order chi connectivity index (χ1) is 10.5. The van der Waals surface area contributed by atoms with Crippen molar-refractivity contribution in [2.45, 2.75) is 6.42 Å². The molecule has 1 fully saturated rings. The van der Waals surface area contributed by atoms with E-state index in [2.05, 4.69) is 0 Å². The summed E-state index contributed by atoms with van der Waals surface area (Å²) >= 11 is 0. The Kier molecular flexibility index (Phi) is 3.48. The van der Waals surface area contributed by atoms with Crippen molar-refractivity contribution in [3.05, 3.63) is 23.8 Å². The number of hydrogen-bond donors (Lipinski definition) is 0. The number of anilines is 1. The largest absolute Gasteiger partial charge is 0.497 e. The third-order valence-electron chi connectivity index (χ3n) is 4.01. The average Bonchev–Trinajstić information content (AvgIpc) is 3.03. The molecule has 1 aromatic rings. The highest BCUT2D eigenvalue weighted by atomic mass is 16.5. The molecule has 1 saturated heterocycles. The fourth-order valence-corrected chi connectivity index (χ4v) is 2.81. The zero-order valence-electron chi connectivity index (χ0n) is 12.5. The van der Waals surface area contributed by atoms with E-state index in [0.717, 1.165) is 28.3 Å². The Morgan fingerprint density at radius 1 is 1.32 bits per heavy atom. The molecule has 7 nitrogen and oxygen atoms in total. The predicted molar refractivity (Wildman–Crippen MR) is 78.8 cm³/mol. The van der Waals surface area contributed by atoms with Crippen LogP contribution >= 0.6 is 0 Å². The minimum atomic E-state index is -0.424. The van der Waals surface area contributed by atoms with Gasteiger partial charge in [-0.2, -0.15) is 0 Å². The smallest absolute Gasteiger partial charge is 0.327 e. The van der Waals surface area contributed by atoms with Crippen molar-refractivity contribution in [1.82, 2.24) is 9.80 Å². The minimum Gasteiger partial charge on any atom is -0.497 e. The van der Waals surface area contributed by atoms with Crippen molar-refractivity contribution < 1.29 is 19.1 Å². The van der Waals surface area contributed by atoms with Crippen LogP contribution in [0.25, 0.3) is 0 Å². The lowest BCUT2D eigenvalue weighted by atomic mass is 10.1. The van der Waals surface area contributed by atoms with Crippen LogP contribution in [-0.2, 0) is 16.0 Å². The highest BCUT2D eigenvalue weighted by molar-refractivity contribution is 6.07. The van der Waals surface area contributed by atoms with E-state index in [1.54, 1.807) is 25.1 Å². The normalized spacial score (nSPS) is 17.3. The summed E-state index contributed by atoms with van der Waals surface area (Å²) in [5.74, 6) is 0.162. The van der Waals surface area contributed by atoms with Crippen LogP contribution in [0.2, 0.25) is 0 Å². The monoisotopic (exact) mass is 303 g/mol. The van der Waals surface area contributed by atoms with Crippen molar-refractivity contribution in [3.63, 3.8) is 0 Å². The lowest BCUT2D eigenvalue weighted by Gasteiger charge is -2.20. The molecule has 0 N–H and O–H groups in total. The molecule has 2 aliphatic rings. The van der Waals surface area contributed by atoms with Gasteiger partial charge < -0.3 is 14.5 Å². The Labute approximate surface area is 128 Å². The van der Waals surface area contributed by atoms with Gasteiger partial charge in [0, 0.05) is 19.3 Å². The third-order valence-corrected chi connectivity index (χ3v) is 4.01. The summed E-state index contributed by atoms with van der Waals surface area (Å²) in [6.45, 7) is 0.362. The molecule has 0 aromatic heterocycles. The molecular weight excluding hydrogens is 286 g/mol. The quantitative estimate of drug-likeness (QED) is 0.762. The Bertz CT molecular complexity index is 658. The highest BCUT2D eigenvalue weighted by Crippen LogP contribution is 2.31. The third kappa shape index (κ3) is 2.28. The highest BCUT2D eigenvalue weighted by Gasteiger charge is 2.36. The van der Waals surface area contributed by atoms with E-state index in [9.17, 15) is 14.4 Å². The lowest BCUT2D eigenvalue weighted by molar-refractivity contribution is -0.129. The molecule has 0 saturated carbocycles. The maximum absolute atomic E-state index is 12.4. The first-order valence-electron chi connectivity index (χ1n) is 7.04. The summed E-state index contributed by atoms with van der Waals surface area (Å²) in [5, 5.41) is 0. The number of methoxy groups -OCH3 is 1. The van der Waals surface area contributed by atoms with Gasteiger partial charge in [0.1, 0.15) is 18.8 Å². The van der Waals surface area contributed by atoms with Crippen LogP contribution in [-0.4, -0.2) is 61.4 Å². The Hall–Kier alpha value is -2.57. The maximum atomic E-state index is 12.4. The number of urea groups is 1. The van der Waals surface area contributed by atoms with Gasteiger partial charge in [-0.3, -0.25) is 14.5 Å². The summed E-state index contributed by atoms with van der Waals surface area (Å²) in [7, 11) is 3.14. The number of benzene rings is 1. The number of ether oxygens (including phenoxy) is 1. The van der Waals surface area contributed by atoms with E-state index in [1.807, 2.05) is 12.1 Å². The number of rotatable bonds is 3. The lowest BCUT2D eigenvalue weighted by Crippen LogP contribution is -2.42. The molecule has 0 unspecified atom stereocenters. The number of hydrogen-bond acceptors (Lipinski definition) is 4. The van der Waals surface area contributed by atoms with Crippen molar-refractivity contribution in [2.75, 3.05) is 38.7 Å². The zero-order chi connectivity index (χ0) is 15.9. The van der Waals surface area contributed by atoms with Gasteiger partial charge in [-0.25, -0.2) is 4.79 Å². The van der Waals surface area contributed by atoms with Crippen molar-refractivity contribution in [3.8, 4) is 5.75 Å². The number of likely N-dealkylation sites (N-methyl/N-ethyl adjacent to an activating group) is 1. The molecule has 0 atom stereocenters. The van der Waals surface area contributed by atoms with E-state index < -0.39 is 6.03 Å². The molecule has 2 aliphatic heterocycles. The Balaban J connectivity index is 1.76. The van der Waals surface area contributed by atoms with Crippen LogP contribution in [0.1, 0.15) is 5.56 Å². The van der Waals surface area contributed by atoms with Gasteiger partial charge in [0.15, 0.2) is 0 Å². The van der Waals surface area contributed by atoms with E-state index in [4.69, 9.17) is 4.74 Å². The molecule has 2 heterocycles. The second kappa shape index (κ2) is 5.32. The SMILES string of the molecule is COc1ccc2c(c1)CCN2C(=O)CN1C(=O)CN(C)C1=O. The molecule has 0 bridgehead atoms. The van der Waals surface area contributed by atoms with Crippen LogP contribution in [0, 0.1) is 0 Å². The predicted octanol–water partition coefficient (Wildman–Crippen LogP) is 0.478. The summed E-state index contributed by atoms with van der Waals surface area (Å²) in [5.41, 5.74) is 1.85. The minimum absolute atomic E-state index is 0.0277. The summed E-state index contributed by atoms with van der Waals surface area (Å²) in [6, 6.07) is 5.11. The van der Waals surface area contributed by atoms with Gasteiger partial charge in [0.25, 0.3) is 5.91 Å². The molecule has 0 spiro atoms. The molecule has 116 valence electrons. The summed E-state index contributed by atoms with van der Waals surface area (Å²) in [4.78, 5) is 40.0. The fourth-order valence-electron chi connectivity index (χ4n) is 2.81. The topological polar surface area (TPSA) is 70.2 Å². The molecule has 1 aromatic carbocycles. The number of fused-ring (bicyclic) bond motifs is 1. The van der Waals surface area contributed by atoms with Crippen LogP contribution in [0.4, 0.5) is 10.5 Å². The molecule has 22 heavy (non-hydrogen) atoms. The van der Waals surface area contributed by atoms with Gasteiger partial charge in [0.2, 0.25) is 5.91 Å². The Morgan fingerprint density at radius 2 is 2.09 bits per heavy atom. The summed E-state index contributed by atoms with van der Waals surface area (Å²) in [6.07, 6.45) is 0.736. The molecule has 3 rings (SSSR count). The van der Waals surface area contributed by atoms with E-state index >= 15 is 0 Å². The van der Waals surface area contributed by atoms with Crippen molar-refractivity contribution in [1.29, 1.82) is 0 Å². The van der Waals surface area contributed by atoms with Gasteiger partial charge in [-0.05, 0) is 30.2 Å². The second-order valence-electron chi connectivity index (χ2n) is 5.41. The van der Waals surface area contributed by atoms with Crippen LogP contribution in [0.5, 0.6) is 5.75 Å². The van der Waals surface area contributed by atoms with Crippen LogP contribution in [0.3, 0.4) is 0 Å². The number of amides is 4. The second-order valence-corrected chi connectivity index (χ2v) is 5.41. The van der Waals surface area contributed by atoms with E-state index in [-0.39, 0.29) is 24.9 Å². The molecule has 0 aliphatic carbocycles. The first-order valence-corrected chi connectivity index (χ1v) is 7.04. The van der Waals surface area contributed by atoms with E-state index in [0.29, 0.717) is 6.54 Å². The molecular formula is C15H17N3O4. The Morgan fingerprint density at radius 3 is 2.73 bits per heavy atom. The maximum Gasteiger partial charge on any atom is 0.327 e.